The van der Waals surface area contributed by atoms with Crippen molar-refractivity contribution >= 4 is 17.8 Å². The van der Waals surface area contributed by atoms with Crippen molar-refractivity contribution in [2.45, 2.75) is 51.4 Å². The Morgan fingerprint density at radius 1 is 1.03 bits per heavy atom. The summed E-state index contributed by atoms with van der Waals surface area (Å²) >= 11 is 0. The highest BCUT2D eigenvalue weighted by Gasteiger charge is 2.49. The summed E-state index contributed by atoms with van der Waals surface area (Å²) in [7, 11) is 0. The summed E-state index contributed by atoms with van der Waals surface area (Å²) in [5, 5.41) is 2.67. The number of nitrogens with zero attached hydrogens (tertiary/aromatic N) is 1. The number of carbonyl (C=O) groups is 3. The monoisotopic (exact) mass is 497 g/mol. The molecule has 5 rings (SSSR count). The Bertz CT molecular complexity index is 1090. The zero-order chi connectivity index (χ0) is 25.9. The third kappa shape index (κ3) is 6.29. The normalized spacial score (nSPS) is 24.0. The first-order valence-electron chi connectivity index (χ1n) is 12.4. The second-order valence-corrected chi connectivity index (χ2v) is 10.9. The summed E-state index contributed by atoms with van der Waals surface area (Å²) in [6.07, 6.45) is 0.650. The van der Waals surface area contributed by atoms with Crippen LogP contribution in [0.4, 0.5) is 9.18 Å². The van der Waals surface area contributed by atoms with E-state index in [0.29, 0.717) is 22.2 Å². The largest absolute Gasteiger partial charge is 0.454 e. The minimum absolute atomic E-state index is 0.0471. The Morgan fingerprint density at radius 2 is 1.67 bits per heavy atom. The molecule has 3 aliphatic rings. The standard InChI is InChI=1S/C28H33FN2O5/c1-28(2,3)36-27(34)30-25(21-7-5-4-6-8-21)26(33)35-24-18-31(15-13-20(24)14-16-31)17-23(32)19-9-11-22(29)12-10-19/h4-12,20,24-25H,13-18H2,1-3H3/p+1/t20?,24-,25?,31?/m0/s1. The van der Waals surface area contributed by atoms with E-state index in [-0.39, 0.29) is 30.2 Å². The molecule has 2 aromatic carbocycles. The quantitative estimate of drug-likeness (QED) is 0.348. The van der Waals surface area contributed by atoms with Crippen LogP contribution in [0.5, 0.6) is 0 Å². The molecule has 2 bridgehead atoms. The number of halogens is 1. The average molecular weight is 498 g/mol. The fraction of sp³-hybridized carbons (Fsp3) is 0.464. The zero-order valence-corrected chi connectivity index (χ0v) is 21.0. The third-order valence-corrected chi connectivity index (χ3v) is 6.98. The van der Waals surface area contributed by atoms with Crippen LogP contribution in [0.3, 0.4) is 0 Å². The van der Waals surface area contributed by atoms with Gasteiger partial charge in [-0.05, 0) is 50.6 Å². The molecule has 2 atom stereocenters. The molecule has 192 valence electrons. The van der Waals surface area contributed by atoms with E-state index < -0.39 is 23.7 Å². The first-order valence-corrected chi connectivity index (χ1v) is 12.4. The van der Waals surface area contributed by atoms with Crippen molar-refractivity contribution < 1.29 is 32.7 Å². The number of rotatable bonds is 7. The maximum atomic E-state index is 13.4. The predicted molar refractivity (Wildman–Crippen MR) is 132 cm³/mol. The molecule has 0 saturated carbocycles. The van der Waals surface area contributed by atoms with Crippen molar-refractivity contribution in [3.63, 3.8) is 0 Å². The van der Waals surface area contributed by atoms with Gasteiger partial charge in [-0.25, -0.2) is 14.0 Å². The molecule has 1 N–H and O–H groups in total. The first-order chi connectivity index (χ1) is 17.0. The summed E-state index contributed by atoms with van der Waals surface area (Å²) in [5.74, 6) is -0.756. The van der Waals surface area contributed by atoms with Gasteiger partial charge in [-0.1, -0.05) is 30.3 Å². The minimum atomic E-state index is -1.01. The molecular formula is C28H34FN2O5+. The van der Waals surface area contributed by atoms with Crippen molar-refractivity contribution in [2.24, 2.45) is 5.92 Å². The van der Waals surface area contributed by atoms with Gasteiger partial charge in [0.1, 0.15) is 24.5 Å². The van der Waals surface area contributed by atoms with Gasteiger partial charge in [0.15, 0.2) is 12.1 Å². The molecule has 3 saturated heterocycles. The number of nitrogens with one attached hydrogen (secondary N) is 1. The highest BCUT2D eigenvalue weighted by molar-refractivity contribution is 5.97. The number of benzene rings is 2. The number of quaternary nitrogens is 1. The van der Waals surface area contributed by atoms with Gasteiger partial charge in [-0.15, -0.1) is 0 Å². The van der Waals surface area contributed by atoms with Crippen LogP contribution in [0.15, 0.2) is 54.6 Å². The van der Waals surface area contributed by atoms with Crippen LogP contribution in [-0.4, -0.2) is 60.2 Å². The van der Waals surface area contributed by atoms with Crippen LogP contribution in [0.25, 0.3) is 0 Å². The van der Waals surface area contributed by atoms with Gasteiger partial charge < -0.3 is 19.3 Å². The Hall–Kier alpha value is -3.26. The fourth-order valence-corrected chi connectivity index (χ4v) is 5.17. The lowest BCUT2D eigenvalue weighted by Gasteiger charge is -2.51. The molecule has 8 heteroatoms. The van der Waals surface area contributed by atoms with Crippen molar-refractivity contribution in [3.05, 3.63) is 71.5 Å². The number of amides is 1. The van der Waals surface area contributed by atoms with Gasteiger partial charge >= 0.3 is 12.1 Å². The lowest BCUT2D eigenvalue weighted by molar-refractivity contribution is -0.938. The van der Waals surface area contributed by atoms with Crippen LogP contribution >= 0.6 is 0 Å². The Balaban J connectivity index is 1.46. The average Bonchev–Trinajstić information content (AvgIpc) is 2.83. The number of alkyl carbamates (subject to hydrolysis) is 1. The number of carbonyl (C=O) groups excluding carboxylic acids is 3. The van der Waals surface area contributed by atoms with E-state index in [0.717, 1.165) is 25.9 Å². The van der Waals surface area contributed by atoms with Crippen LogP contribution in [0.1, 0.15) is 55.6 Å². The number of ketones is 1. The molecule has 1 amide bonds. The Morgan fingerprint density at radius 3 is 2.28 bits per heavy atom. The van der Waals surface area contributed by atoms with Crippen molar-refractivity contribution in [2.75, 3.05) is 26.2 Å². The maximum Gasteiger partial charge on any atom is 0.408 e. The van der Waals surface area contributed by atoms with Gasteiger partial charge in [0.2, 0.25) is 5.78 Å². The van der Waals surface area contributed by atoms with Gasteiger partial charge in [0, 0.05) is 24.3 Å². The van der Waals surface area contributed by atoms with E-state index in [4.69, 9.17) is 9.47 Å². The number of esters is 1. The van der Waals surface area contributed by atoms with Crippen LogP contribution in [0.2, 0.25) is 0 Å². The summed E-state index contributed by atoms with van der Waals surface area (Å²) < 4.78 is 25.2. The second-order valence-electron chi connectivity index (χ2n) is 10.9. The SMILES string of the molecule is CC(C)(C)OC(=O)NC(C(=O)O[C@H]1C[N+]2(CC(=O)c3ccc(F)cc3)CCC1CC2)c1ccccc1. The summed E-state index contributed by atoms with van der Waals surface area (Å²) in [4.78, 5) is 38.8. The van der Waals surface area contributed by atoms with Gasteiger partial charge in [-0.3, -0.25) is 4.79 Å². The van der Waals surface area contributed by atoms with E-state index >= 15 is 0 Å². The first kappa shape index (κ1) is 25.8. The Labute approximate surface area is 211 Å². The minimum Gasteiger partial charge on any atom is -0.454 e. The van der Waals surface area contributed by atoms with Crippen molar-refractivity contribution in [1.29, 1.82) is 0 Å². The lowest BCUT2D eigenvalue weighted by atomic mass is 9.82. The van der Waals surface area contributed by atoms with Crippen LogP contribution in [0, 0.1) is 11.7 Å². The second kappa shape index (κ2) is 10.4. The van der Waals surface area contributed by atoms with E-state index in [1.54, 1.807) is 45.0 Å². The van der Waals surface area contributed by atoms with Crippen LogP contribution < -0.4 is 5.32 Å². The molecule has 3 fully saturated rings. The summed E-state index contributed by atoms with van der Waals surface area (Å²) in [6, 6.07) is 13.5. The number of hydrogen-bond acceptors (Lipinski definition) is 5. The molecule has 0 aromatic heterocycles. The maximum absolute atomic E-state index is 13.4. The van der Waals surface area contributed by atoms with Crippen molar-refractivity contribution in [1.82, 2.24) is 5.32 Å². The number of Topliss-reactive ketones (excluding diaryl/α,β-unsaturated/α-hetero) is 1. The van der Waals surface area contributed by atoms with E-state index in [9.17, 15) is 18.8 Å². The summed E-state index contributed by atoms with van der Waals surface area (Å²) in [6.45, 7) is 7.76. The smallest absolute Gasteiger partial charge is 0.408 e. The molecule has 0 radical (unpaired) electrons. The molecule has 2 aromatic rings. The number of ether oxygens (including phenoxy) is 2. The predicted octanol–water partition coefficient (Wildman–Crippen LogP) is 4.43. The third-order valence-electron chi connectivity index (χ3n) is 6.98. The Kier molecular flexibility index (Phi) is 7.45. The van der Waals surface area contributed by atoms with Gasteiger partial charge in [-0.2, -0.15) is 0 Å². The number of piperidine rings is 3. The summed E-state index contributed by atoms with van der Waals surface area (Å²) in [5.41, 5.74) is 0.374. The molecule has 36 heavy (non-hydrogen) atoms. The molecule has 0 aliphatic carbocycles. The van der Waals surface area contributed by atoms with Gasteiger partial charge in [0.25, 0.3) is 0 Å². The van der Waals surface area contributed by atoms with Crippen molar-refractivity contribution in [3.8, 4) is 0 Å². The lowest BCUT2D eigenvalue weighted by Crippen LogP contribution is -2.66. The molecule has 7 nitrogen and oxygen atoms in total. The van der Waals surface area contributed by atoms with E-state index in [1.165, 1.54) is 24.3 Å². The molecule has 3 aliphatic heterocycles. The van der Waals surface area contributed by atoms with Crippen LogP contribution in [-0.2, 0) is 14.3 Å². The number of fused-ring (bicyclic) bond motifs is 3. The molecular weight excluding hydrogens is 463 g/mol. The molecule has 1 unspecified atom stereocenters. The molecule has 0 spiro atoms. The van der Waals surface area contributed by atoms with E-state index in [1.807, 2.05) is 6.07 Å². The van der Waals surface area contributed by atoms with E-state index in [2.05, 4.69) is 5.32 Å². The topological polar surface area (TPSA) is 81.7 Å². The highest BCUT2D eigenvalue weighted by Crippen LogP contribution is 2.36. The van der Waals surface area contributed by atoms with Gasteiger partial charge in [0.05, 0.1) is 13.1 Å². The highest BCUT2D eigenvalue weighted by atomic mass is 19.1. The molecule has 3 heterocycles. The zero-order valence-electron chi connectivity index (χ0n) is 21.0. The fourth-order valence-electron chi connectivity index (χ4n) is 5.17. The number of hydrogen-bond donors (Lipinski definition) is 1.